The fraction of sp³-hybridized carbons (Fsp3) is 0.118. The van der Waals surface area contributed by atoms with Crippen LogP contribution >= 0.6 is 23.2 Å². The Morgan fingerprint density at radius 3 is 2.50 bits per heavy atom. The number of methoxy groups -OCH3 is 2. The number of carbonyl (C=O) groups is 1. The maximum absolute atomic E-state index is 12.3. The van der Waals surface area contributed by atoms with Crippen LogP contribution in [0, 0.1) is 0 Å². The van der Waals surface area contributed by atoms with E-state index in [2.05, 4.69) is 0 Å². The molecule has 1 N–H and O–H groups in total. The summed E-state index contributed by atoms with van der Waals surface area (Å²) in [6.07, 6.45) is 2.47. The van der Waals surface area contributed by atoms with Crippen LogP contribution in [0.3, 0.4) is 0 Å². The standard InChI is InChI=1S/C17H15Cl2NO5S/c1-24-14-5-3-4-11(17(14)25-2)6-9-16(21)20-26(22,23)15-10-12(18)7-8-13(15)19/h3-10H,1-2H3,(H,20,21). The van der Waals surface area contributed by atoms with Gasteiger partial charge in [-0.15, -0.1) is 0 Å². The number of halogens is 2. The third-order valence-electron chi connectivity index (χ3n) is 3.27. The van der Waals surface area contributed by atoms with Crippen LogP contribution in [0.1, 0.15) is 5.56 Å². The molecule has 0 radical (unpaired) electrons. The zero-order valence-electron chi connectivity index (χ0n) is 13.8. The van der Waals surface area contributed by atoms with Gasteiger partial charge in [0.15, 0.2) is 11.5 Å². The molecule has 26 heavy (non-hydrogen) atoms. The third-order valence-corrected chi connectivity index (χ3v) is 5.33. The molecule has 2 rings (SSSR count). The first-order valence-corrected chi connectivity index (χ1v) is 9.43. The molecule has 0 saturated heterocycles. The highest BCUT2D eigenvalue weighted by Crippen LogP contribution is 2.31. The molecule has 0 atom stereocenters. The number of sulfonamides is 1. The van der Waals surface area contributed by atoms with Crippen LogP contribution in [0.15, 0.2) is 47.4 Å². The molecule has 2 aromatic carbocycles. The van der Waals surface area contributed by atoms with E-state index in [9.17, 15) is 13.2 Å². The van der Waals surface area contributed by atoms with Crippen molar-refractivity contribution in [3.05, 3.63) is 58.1 Å². The van der Waals surface area contributed by atoms with Gasteiger partial charge in [-0.05, 0) is 30.3 Å². The Labute approximate surface area is 161 Å². The summed E-state index contributed by atoms with van der Waals surface area (Å²) in [5.41, 5.74) is 0.542. The molecule has 2 aromatic rings. The van der Waals surface area contributed by atoms with Crippen LogP contribution in [0.5, 0.6) is 11.5 Å². The monoisotopic (exact) mass is 415 g/mol. The van der Waals surface area contributed by atoms with Crippen molar-refractivity contribution in [2.24, 2.45) is 0 Å². The van der Waals surface area contributed by atoms with E-state index in [1.54, 1.807) is 18.2 Å². The maximum atomic E-state index is 12.3. The second-order valence-corrected chi connectivity index (χ2v) is 7.46. The number of rotatable bonds is 6. The highest BCUT2D eigenvalue weighted by atomic mass is 35.5. The minimum absolute atomic E-state index is 0.0480. The van der Waals surface area contributed by atoms with Crippen LogP contribution < -0.4 is 14.2 Å². The molecule has 0 aliphatic rings. The SMILES string of the molecule is COc1cccc(C=CC(=O)NS(=O)(=O)c2cc(Cl)ccc2Cl)c1OC. The van der Waals surface area contributed by atoms with Gasteiger partial charge in [-0.25, -0.2) is 13.1 Å². The Kier molecular flexibility index (Phi) is 6.52. The van der Waals surface area contributed by atoms with E-state index >= 15 is 0 Å². The van der Waals surface area contributed by atoms with Crippen molar-refractivity contribution in [3.63, 3.8) is 0 Å². The fourth-order valence-corrected chi connectivity index (χ4v) is 3.82. The van der Waals surface area contributed by atoms with E-state index in [0.717, 1.165) is 12.1 Å². The molecule has 0 spiro atoms. The number of hydrogen-bond donors (Lipinski definition) is 1. The summed E-state index contributed by atoms with van der Waals surface area (Å²) in [6.45, 7) is 0. The highest BCUT2D eigenvalue weighted by molar-refractivity contribution is 7.90. The first-order valence-electron chi connectivity index (χ1n) is 7.19. The van der Waals surface area contributed by atoms with E-state index < -0.39 is 15.9 Å². The molecule has 0 aromatic heterocycles. The van der Waals surface area contributed by atoms with Crippen molar-refractivity contribution in [2.75, 3.05) is 14.2 Å². The summed E-state index contributed by atoms with van der Waals surface area (Å²) in [7, 11) is -1.22. The molecular weight excluding hydrogens is 401 g/mol. The van der Waals surface area contributed by atoms with E-state index in [1.807, 2.05) is 4.72 Å². The van der Waals surface area contributed by atoms with Gasteiger partial charge in [-0.3, -0.25) is 4.79 Å². The van der Waals surface area contributed by atoms with Gasteiger partial charge in [0.05, 0.1) is 19.2 Å². The molecule has 138 valence electrons. The van der Waals surface area contributed by atoms with Crippen molar-refractivity contribution in [2.45, 2.75) is 4.90 Å². The number of hydrogen-bond acceptors (Lipinski definition) is 5. The highest BCUT2D eigenvalue weighted by Gasteiger charge is 2.20. The molecule has 0 fully saturated rings. The molecule has 0 heterocycles. The molecule has 0 bridgehead atoms. The Morgan fingerprint density at radius 2 is 1.85 bits per heavy atom. The lowest BCUT2D eigenvalue weighted by atomic mass is 10.1. The van der Waals surface area contributed by atoms with Crippen LogP contribution in [-0.4, -0.2) is 28.5 Å². The summed E-state index contributed by atoms with van der Waals surface area (Å²) in [4.78, 5) is 11.7. The molecule has 1 amide bonds. The molecule has 0 aliphatic heterocycles. The molecule has 9 heteroatoms. The lowest BCUT2D eigenvalue weighted by Gasteiger charge is -2.10. The molecule has 0 unspecified atom stereocenters. The second kappa shape index (κ2) is 8.44. The number of carbonyl (C=O) groups excluding carboxylic acids is 1. The number of amides is 1. The largest absolute Gasteiger partial charge is 0.493 e. The van der Waals surface area contributed by atoms with Crippen molar-refractivity contribution in [3.8, 4) is 11.5 Å². The van der Waals surface area contributed by atoms with Gasteiger partial charge < -0.3 is 9.47 Å². The van der Waals surface area contributed by atoms with Gasteiger partial charge in [0.2, 0.25) is 0 Å². The maximum Gasteiger partial charge on any atom is 0.265 e. The third kappa shape index (κ3) is 4.69. The van der Waals surface area contributed by atoms with Crippen LogP contribution in [0.25, 0.3) is 6.08 Å². The van der Waals surface area contributed by atoms with Crippen molar-refractivity contribution in [1.29, 1.82) is 0 Å². The first kappa shape index (κ1) is 20.1. The summed E-state index contributed by atoms with van der Waals surface area (Å²) in [5, 5.41) is 0.132. The van der Waals surface area contributed by atoms with Gasteiger partial charge in [0.25, 0.3) is 15.9 Å². The Balaban J connectivity index is 2.23. The Morgan fingerprint density at radius 1 is 1.12 bits per heavy atom. The molecular formula is C17H15Cl2NO5S. The van der Waals surface area contributed by atoms with Gasteiger partial charge in [0, 0.05) is 16.7 Å². The fourth-order valence-electron chi connectivity index (χ4n) is 2.11. The smallest absolute Gasteiger partial charge is 0.265 e. The van der Waals surface area contributed by atoms with Crippen molar-refractivity contribution in [1.82, 2.24) is 4.72 Å². The topological polar surface area (TPSA) is 81.7 Å². The first-order chi connectivity index (χ1) is 12.3. The molecule has 0 saturated carbocycles. The minimum Gasteiger partial charge on any atom is -0.493 e. The van der Waals surface area contributed by atoms with E-state index in [-0.39, 0.29) is 14.9 Å². The Hall–Kier alpha value is -2.22. The molecule has 6 nitrogen and oxygen atoms in total. The zero-order chi connectivity index (χ0) is 19.3. The zero-order valence-corrected chi connectivity index (χ0v) is 16.2. The van der Waals surface area contributed by atoms with Crippen molar-refractivity contribution < 1.29 is 22.7 Å². The second-order valence-electron chi connectivity index (χ2n) is 4.96. The van der Waals surface area contributed by atoms with Crippen LogP contribution in [0.4, 0.5) is 0 Å². The van der Waals surface area contributed by atoms with E-state index in [0.29, 0.717) is 17.1 Å². The lowest BCUT2D eigenvalue weighted by Crippen LogP contribution is -2.29. The number of para-hydroxylation sites is 1. The number of benzene rings is 2. The predicted molar refractivity (Wildman–Crippen MR) is 100 cm³/mol. The van der Waals surface area contributed by atoms with E-state index in [1.165, 1.54) is 32.4 Å². The predicted octanol–water partition coefficient (Wildman–Crippen LogP) is 3.53. The minimum atomic E-state index is -4.17. The molecule has 0 aliphatic carbocycles. The van der Waals surface area contributed by atoms with Gasteiger partial charge in [-0.1, -0.05) is 35.3 Å². The van der Waals surface area contributed by atoms with E-state index in [4.69, 9.17) is 32.7 Å². The van der Waals surface area contributed by atoms with Crippen LogP contribution in [0.2, 0.25) is 10.0 Å². The Bertz CT molecular complexity index is 958. The number of nitrogens with one attached hydrogen (secondary N) is 1. The summed E-state index contributed by atoms with van der Waals surface area (Å²) in [6, 6.07) is 9.03. The van der Waals surface area contributed by atoms with Crippen molar-refractivity contribution >= 4 is 45.2 Å². The summed E-state index contributed by atoms with van der Waals surface area (Å²) >= 11 is 11.7. The normalized spacial score (nSPS) is 11.4. The lowest BCUT2D eigenvalue weighted by molar-refractivity contribution is -0.114. The quantitative estimate of drug-likeness (QED) is 0.729. The van der Waals surface area contributed by atoms with Crippen LogP contribution in [-0.2, 0) is 14.8 Å². The average molecular weight is 416 g/mol. The summed E-state index contributed by atoms with van der Waals surface area (Å²) < 4.78 is 36.9. The van der Waals surface area contributed by atoms with Gasteiger partial charge in [-0.2, -0.15) is 0 Å². The van der Waals surface area contributed by atoms with Gasteiger partial charge >= 0.3 is 0 Å². The number of ether oxygens (including phenoxy) is 2. The summed E-state index contributed by atoms with van der Waals surface area (Å²) in [5.74, 6) is 0.0408. The average Bonchev–Trinajstić information content (AvgIpc) is 2.60. The van der Waals surface area contributed by atoms with Gasteiger partial charge in [0.1, 0.15) is 4.90 Å².